The number of anilines is 1. The highest BCUT2D eigenvalue weighted by molar-refractivity contribution is 9.10. The molecule has 0 radical (unpaired) electrons. The predicted octanol–water partition coefficient (Wildman–Crippen LogP) is 4.15. The standard InChI is InChI=1S/C14H11BrFNO/c1-9-8-11(16)4-7-13(9)14(18)17-12-5-2-10(15)3-6-12/h2-8H,1H3,(H,17,18). The van der Waals surface area contributed by atoms with Crippen molar-refractivity contribution in [3.05, 3.63) is 63.9 Å². The van der Waals surface area contributed by atoms with E-state index in [1.54, 1.807) is 19.1 Å². The van der Waals surface area contributed by atoms with Crippen molar-refractivity contribution in [3.8, 4) is 0 Å². The van der Waals surface area contributed by atoms with Gasteiger partial charge in [0.2, 0.25) is 0 Å². The molecule has 92 valence electrons. The number of amides is 1. The molecule has 2 nitrogen and oxygen atoms in total. The smallest absolute Gasteiger partial charge is 0.255 e. The molecule has 1 N–H and O–H groups in total. The fourth-order valence-corrected chi connectivity index (χ4v) is 1.88. The number of carbonyl (C=O) groups is 1. The van der Waals surface area contributed by atoms with Crippen molar-refractivity contribution in [1.29, 1.82) is 0 Å². The van der Waals surface area contributed by atoms with Crippen LogP contribution in [0.4, 0.5) is 10.1 Å². The highest BCUT2D eigenvalue weighted by atomic mass is 79.9. The number of carbonyl (C=O) groups excluding carboxylic acids is 1. The molecule has 0 spiro atoms. The van der Waals surface area contributed by atoms with Crippen LogP contribution >= 0.6 is 15.9 Å². The molecule has 2 aromatic carbocycles. The molecular formula is C14H11BrFNO. The number of hydrogen-bond donors (Lipinski definition) is 1. The van der Waals surface area contributed by atoms with Gasteiger partial charge < -0.3 is 5.32 Å². The lowest BCUT2D eigenvalue weighted by Gasteiger charge is -2.07. The summed E-state index contributed by atoms with van der Waals surface area (Å²) in [6.45, 7) is 1.71. The Labute approximate surface area is 113 Å². The van der Waals surface area contributed by atoms with Crippen molar-refractivity contribution >= 4 is 27.5 Å². The largest absolute Gasteiger partial charge is 0.322 e. The van der Waals surface area contributed by atoms with E-state index in [9.17, 15) is 9.18 Å². The highest BCUT2D eigenvalue weighted by Gasteiger charge is 2.09. The van der Waals surface area contributed by atoms with Crippen LogP contribution in [0.2, 0.25) is 0 Å². The van der Waals surface area contributed by atoms with E-state index in [1.807, 2.05) is 12.1 Å². The van der Waals surface area contributed by atoms with Crippen LogP contribution in [0, 0.1) is 12.7 Å². The molecule has 0 aliphatic carbocycles. The molecule has 0 unspecified atom stereocenters. The molecule has 0 bridgehead atoms. The van der Waals surface area contributed by atoms with Gasteiger partial charge in [0.25, 0.3) is 5.91 Å². The van der Waals surface area contributed by atoms with Crippen LogP contribution in [0.25, 0.3) is 0 Å². The first-order valence-corrected chi connectivity index (χ1v) is 6.18. The van der Waals surface area contributed by atoms with E-state index < -0.39 is 0 Å². The van der Waals surface area contributed by atoms with Crippen molar-refractivity contribution in [3.63, 3.8) is 0 Å². The molecule has 0 aromatic heterocycles. The number of hydrogen-bond acceptors (Lipinski definition) is 1. The molecule has 0 saturated heterocycles. The van der Waals surface area contributed by atoms with Crippen molar-refractivity contribution in [2.45, 2.75) is 6.92 Å². The monoisotopic (exact) mass is 307 g/mol. The van der Waals surface area contributed by atoms with Gasteiger partial charge in [-0.25, -0.2) is 4.39 Å². The average molecular weight is 308 g/mol. The Morgan fingerprint density at radius 1 is 1.17 bits per heavy atom. The topological polar surface area (TPSA) is 29.1 Å². The van der Waals surface area contributed by atoms with Crippen molar-refractivity contribution in [2.75, 3.05) is 5.32 Å². The van der Waals surface area contributed by atoms with Crippen LogP contribution in [-0.2, 0) is 0 Å². The Kier molecular flexibility index (Phi) is 3.77. The first-order chi connectivity index (χ1) is 8.56. The normalized spacial score (nSPS) is 10.2. The number of rotatable bonds is 2. The predicted molar refractivity (Wildman–Crippen MR) is 73.2 cm³/mol. The van der Waals surface area contributed by atoms with Gasteiger partial charge in [-0.05, 0) is 55.0 Å². The van der Waals surface area contributed by atoms with E-state index >= 15 is 0 Å². The summed E-state index contributed by atoms with van der Waals surface area (Å²) >= 11 is 3.32. The van der Waals surface area contributed by atoms with Crippen LogP contribution in [0.3, 0.4) is 0 Å². The fourth-order valence-electron chi connectivity index (χ4n) is 1.61. The lowest BCUT2D eigenvalue weighted by atomic mass is 10.1. The van der Waals surface area contributed by atoms with Crippen LogP contribution < -0.4 is 5.32 Å². The third kappa shape index (κ3) is 2.96. The SMILES string of the molecule is Cc1cc(F)ccc1C(=O)Nc1ccc(Br)cc1. The van der Waals surface area contributed by atoms with Gasteiger partial charge in [0.05, 0.1) is 0 Å². The van der Waals surface area contributed by atoms with E-state index in [4.69, 9.17) is 0 Å². The van der Waals surface area contributed by atoms with Crippen LogP contribution in [-0.4, -0.2) is 5.91 Å². The molecule has 0 heterocycles. The van der Waals surface area contributed by atoms with Crippen LogP contribution in [0.5, 0.6) is 0 Å². The molecule has 1 amide bonds. The second kappa shape index (κ2) is 5.31. The molecule has 0 atom stereocenters. The molecule has 4 heteroatoms. The van der Waals surface area contributed by atoms with Gasteiger partial charge in [-0.3, -0.25) is 4.79 Å². The summed E-state index contributed by atoms with van der Waals surface area (Å²) < 4.78 is 13.9. The zero-order valence-electron chi connectivity index (χ0n) is 9.71. The second-order valence-electron chi connectivity index (χ2n) is 3.92. The molecule has 0 aliphatic rings. The quantitative estimate of drug-likeness (QED) is 0.887. The summed E-state index contributed by atoms with van der Waals surface area (Å²) in [4.78, 5) is 12.0. The molecule has 2 rings (SSSR count). The lowest BCUT2D eigenvalue weighted by Crippen LogP contribution is -2.13. The van der Waals surface area contributed by atoms with E-state index in [2.05, 4.69) is 21.2 Å². The lowest BCUT2D eigenvalue weighted by molar-refractivity contribution is 0.102. The van der Waals surface area contributed by atoms with E-state index in [0.717, 1.165) is 4.47 Å². The summed E-state index contributed by atoms with van der Waals surface area (Å²) in [6, 6.07) is 11.4. The minimum atomic E-state index is -0.340. The van der Waals surface area contributed by atoms with Gasteiger partial charge in [0.1, 0.15) is 5.82 Å². The van der Waals surface area contributed by atoms with E-state index in [0.29, 0.717) is 16.8 Å². The fraction of sp³-hybridized carbons (Fsp3) is 0.0714. The van der Waals surface area contributed by atoms with Gasteiger partial charge in [-0.2, -0.15) is 0 Å². The third-order valence-electron chi connectivity index (χ3n) is 2.54. The van der Waals surface area contributed by atoms with E-state index in [1.165, 1.54) is 18.2 Å². The van der Waals surface area contributed by atoms with Crippen LogP contribution in [0.1, 0.15) is 15.9 Å². The van der Waals surface area contributed by atoms with Gasteiger partial charge in [0.15, 0.2) is 0 Å². The number of nitrogens with one attached hydrogen (secondary N) is 1. The highest BCUT2D eigenvalue weighted by Crippen LogP contribution is 2.16. The van der Waals surface area contributed by atoms with Crippen molar-refractivity contribution in [2.24, 2.45) is 0 Å². The number of benzene rings is 2. The maximum atomic E-state index is 12.9. The summed E-state index contributed by atoms with van der Waals surface area (Å²) in [5.41, 5.74) is 1.79. The first-order valence-electron chi connectivity index (χ1n) is 5.39. The van der Waals surface area contributed by atoms with Crippen molar-refractivity contribution < 1.29 is 9.18 Å². The van der Waals surface area contributed by atoms with Crippen molar-refractivity contribution in [1.82, 2.24) is 0 Å². The van der Waals surface area contributed by atoms with E-state index in [-0.39, 0.29) is 11.7 Å². The Morgan fingerprint density at radius 2 is 1.83 bits per heavy atom. The Bertz CT molecular complexity index is 581. The van der Waals surface area contributed by atoms with Gasteiger partial charge >= 0.3 is 0 Å². The van der Waals surface area contributed by atoms with Gasteiger partial charge in [0, 0.05) is 15.7 Å². The molecule has 0 fully saturated rings. The van der Waals surface area contributed by atoms with Crippen LogP contribution in [0.15, 0.2) is 46.9 Å². The molecule has 2 aromatic rings. The zero-order chi connectivity index (χ0) is 13.1. The summed E-state index contributed by atoms with van der Waals surface area (Å²) in [7, 11) is 0. The molecular weight excluding hydrogens is 297 g/mol. The second-order valence-corrected chi connectivity index (χ2v) is 4.84. The average Bonchev–Trinajstić information content (AvgIpc) is 2.32. The molecule has 18 heavy (non-hydrogen) atoms. The maximum Gasteiger partial charge on any atom is 0.255 e. The Hall–Kier alpha value is -1.68. The number of halogens is 2. The zero-order valence-corrected chi connectivity index (χ0v) is 11.3. The minimum absolute atomic E-state index is 0.241. The molecule has 0 aliphatic heterocycles. The van der Waals surface area contributed by atoms with Gasteiger partial charge in [-0.1, -0.05) is 15.9 Å². The Morgan fingerprint density at radius 3 is 2.44 bits per heavy atom. The Balaban J connectivity index is 2.19. The summed E-state index contributed by atoms with van der Waals surface area (Å²) in [5, 5.41) is 2.76. The summed E-state index contributed by atoms with van der Waals surface area (Å²) in [6.07, 6.45) is 0. The van der Waals surface area contributed by atoms with Gasteiger partial charge in [-0.15, -0.1) is 0 Å². The minimum Gasteiger partial charge on any atom is -0.322 e. The first kappa shape index (κ1) is 12.8. The summed E-state index contributed by atoms with van der Waals surface area (Å²) in [5.74, 6) is -0.581. The number of aryl methyl sites for hydroxylation is 1. The third-order valence-corrected chi connectivity index (χ3v) is 3.06. The maximum absolute atomic E-state index is 12.9. The molecule has 0 saturated carbocycles.